The van der Waals surface area contributed by atoms with Gasteiger partial charge in [-0.3, -0.25) is 19.9 Å². The van der Waals surface area contributed by atoms with Gasteiger partial charge >= 0.3 is 12.1 Å². The van der Waals surface area contributed by atoms with Gasteiger partial charge in [0, 0.05) is 24.9 Å². The van der Waals surface area contributed by atoms with E-state index in [2.05, 4.69) is 20.9 Å². The molecule has 0 bridgehead atoms. The molecule has 0 aliphatic carbocycles. The molecule has 1 unspecified atom stereocenters. The number of hydrogen-bond donors (Lipinski definition) is 3. The van der Waals surface area contributed by atoms with Crippen molar-refractivity contribution in [2.24, 2.45) is 4.99 Å². The number of rotatable bonds is 10. The molecule has 1 aliphatic heterocycles. The van der Waals surface area contributed by atoms with Crippen LogP contribution in [0.1, 0.15) is 56.0 Å². The van der Waals surface area contributed by atoms with Gasteiger partial charge in [0.25, 0.3) is 0 Å². The van der Waals surface area contributed by atoms with Crippen molar-refractivity contribution in [2.45, 2.75) is 58.3 Å². The molecule has 10 nitrogen and oxygen atoms in total. The van der Waals surface area contributed by atoms with Crippen LogP contribution in [0.3, 0.4) is 0 Å². The SMILES string of the molecule is CC(C)OC(=O)CC(NC(=O)OCc1ccccc1)c1cc2cc(CCC(=O)NC3=NCCCN3)ccc2o1. The van der Waals surface area contributed by atoms with E-state index in [-0.39, 0.29) is 25.0 Å². The summed E-state index contributed by atoms with van der Waals surface area (Å²) in [6.45, 7) is 5.12. The molecule has 1 aliphatic rings. The lowest BCUT2D eigenvalue weighted by molar-refractivity contribution is -0.148. The molecule has 1 atom stereocenters. The molecule has 0 saturated carbocycles. The molecule has 2 heterocycles. The van der Waals surface area contributed by atoms with E-state index in [0.29, 0.717) is 36.7 Å². The molecule has 0 fully saturated rings. The zero-order valence-corrected chi connectivity index (χ0v) is 22.2. The van der Waals surface area contributed by atoms with Gasteiger partial charge in [0.05, 0.1) is 12.5 Å². The van der Waals surface area contributed by atoms with Crippen LogP contribution in [-0.4, -0.2) is 43.1 Å². The molecule has 0 saturated heterocycles. The number of nitrogens with zero attached hydrogens (tertiary/aromatic N) is 1. The molecule has 0 spiro atoms. The summed E-state index contributed by atoms with van der Waals surface area (Å²) in [6, 6.07) is 15.9. The van der Waals surface area contributed by atoms with E-state index in [1.165, 1.54) is 0 Å². The molecule has 206 valence electrons. The van der Waals surface area contributed by atoms with Crippen LogP contribution < -0.4 is 16.0 Å². The summed E-state index contributed by atoms with van der Waals surface area (Å²) < 4.78 is 16.6. The predicted molar refractivity (Wildman–Crippen MR) is 146 cm³/mol. The van der Waals surface area contributed by atoms with Crippen LogP contribution in [0, 0.1) is 0 Å². The van der Waals surface area contributed by atoms with Crippen LogP contribution >= 0.6 is 0 Å². The van der Waals surface area contributed by atoms with Gasteiger partial charge in [-0.25, -0.2) is 4.79 Å². The summed E-state index contributed by atoms with van der Waals surface area (Å²) >= 11 is 0. The molecule has 2 amide bonds. The fraction of sp³-hybridized carbons (Fsp3) is 0.379. The summed E-state index contributed by atoms with van der Waals surface area (Å²) in [7, 11) is 0. The van der Waals surface area contributed by atoms with Crippen LogP contribution in [0.2, 0.25) is 0 Å². The lowest BCUT2D eigenvalue weighted by Crippen LogP contribution is -2.43. The van der Waals surface area contributed by atoms with Gasteiger partial charge in [0.1, 0.15) is 24.0 Å². The number of nitrogens with one attached hydrogen (secondary N) is 3. The van der Waals surface area contributed by atoms with E-state index in [1.54, 1.807) is 19.9 Å². The van der Waals surface area contributed by atoms with Gasteiger partial charge in [-0.15, -0.1) is 0 Å². The van der Waals surface area contributed by atoms with Crippen molar-refractivity contribution in [3.63, 3.8) is 0 Å². The standard InChI is InChI=1S/C29H34N4O6/c1-19(2)38-27(35)17-23(32-29(36)37-18-21-7-4-3-5-8-21)25-16-22-15-20(9-11-24(22)39-25)10-12-26(34)33-28-30-13-6-14-31-28/h3-5,7-9,11,15-16,19,23H,6,10,12-14,17-18H2,1-2H3,(H,32,36)(H2,30,31,33,34). The minimum Gasteiger partial charge on any atom is -0.463 e. The number of amides is 2. The number of hydrogen-bond acceptors (Lipinski definition) is 8. The molecule has 3 aromatic rings. The number of guanidine groups is 1. The normalized spacial score (nSPS) is 13.8. The second-order valence-electron chi connectivity index (χ2n) is 9.58. The predicted octanol–water partition coefficient (Wildman–Crippen LogP) is 4.14. The van der Waals surface area contributed by atoms with Crippen LogP contribution in [-0.2, 0) is 32.1 Å². The van der Waals surface area contributed by atoms with E-state index in [9.17, 15) is 14.4 Å². The third-order valence-corrected chi connectivity index (χ3v) is 5.98. The van der Waals surface area contributed by atoms with Crippen LogP contribution in [0.4, 0.5) is 4.79 Å². The Labute approximate surface area is 227 Å². The molecular formula is C29H34N4O6. The first-order valence-electron chi connectivity index (χ1n) is 13.1. The van der Waals surface area contributed by atoms with Crippen LogP contribution in [0.5, 0.6) is 0 Å². The van der Waals surface area contributed by atoms with Gasteiger partial charge in [0.2, 0.25) is 5.91 Å². The minimum atomic E-state index is -0.787. The van der Waals surface area contributed by atoms with Crippen molar-refractivity contribution in [3.05, 3.63) is 71.5 Å². The number of furan rings is 1. The highest BCUT2D eigenvalue weighted by Gasteiger charge is 2.24. The number of ether oxygens (including phenoxy) is 2. The number of fused-ring (bicyclic) bond motifs is 1. The highest BCUT2D eigenvalue weighted by Crippen LogP contribution is 2.28. The maximum Gasteiger partial charge on any atom is 0.408 e. The average Bonchev–Trinajstić information content (AvgIpc) is 3.35. The van der Waals surface area contributed by atoms with Gasteiger partial charge in [-0.1, -0.05) is 36.4 Å². The van der Waals surface area contributed by atoms with Crippen molar-refractivity contribution in [3.8, 4) is 0 Å². The number of aliphatic imine (C=N–C) groups is 1. The second-order valence-corrected chi connectivity index (χ2v) is 9.58. The number of carbonyl (C=O) groups is 3. The molecule has 1 aromatic heterocycles. The largest absolute Gasteiger partial charge is 0.463 e. The Kier molecular flexibility index (Phi) is 9.55. The first-order valence-corrected chi connectivity index (χ1v) is 13.1. The van der Waals surface area contributed by atoms with Crippen molar-refractivity contribution < 1.29 is 28.3 Å². The quantitative estimate of drug-likeness (QED) is 0.333. The van der Waals surface area contributed by atoms with Gasteiger partial charge in [0.15, 0.2) is 5.96 Å². The summed E-state index contributed by atoms with van der Waals surface area (Å²) in [5, 5.41) is 9.40. The average molecular weight is 535 g/mol. The Balaban J connectivity index is 1.42. The first-order chi connectivity index (χ1) is 18.9. The van der Waals surface area contributed by atoms with Gasteiger partial charge < -0.3 is 24.5 Å². The number of esters is 1. The first kappa shape index (κ1) is 27.7. The second kappa shape index (κ2) is 13.5. The monoisotopic (exact) mass is 534 g/mol. The van der Waals surface area contributed by atoms with Crippen LogP contribution in [0.25, 0.3) is 11.0 Å². The fourth-order valence-corrected chi connectivity index (χ4v) is 4.12. The molecule has 3 N–H and O–H groups in total. The Hall–Kier alpha value is -4.34. The Morgan fingerprint density at radius 3 is 2.64 bits per heavy atom. The third kappa shape index (κ3) is 8.59. The molecule has 0 radical (unpaired) electrons. The maximum atomic E-state index is 12.6. The lowest BCUT2D eigenvalue weighted by atomic mass is 10.1. The third-order valence-electron chi connectivity index (χ3n) is 5.98. The summed E-state index contributed by atoms with van der Waals surface area (Å²) in [5.41, 5.74) is 2.39. The van der Waals surface area contributed by atoms with Crippen molar-refractivity contribution in [1.82, 2.24) is 16.0 Å². The van der Waals surface area contributed by atoms with Crippen molar-refractivity contribution in [1.29, 1.82) is 0 Å². The number of aryl methyl sites for hydroxylation is 1. The minimum absolute atomic E-state index is 0.0936. The Morgan fingerprint density at radius 1 is 1.08 bits per heavy atom. The van der Waals surface area contributed by atoms with E-state index in [1.807, 2.05) is 48.5 Å². The zero-order valence-electron chi connectivity index (χ0n) is 22.2. The number of alkyl carbamates (subject to hydrolysis) is 1. The van der Waals surface area contributed by atoms with Crippen molar-refractivity contribution in [2.75, 3.05) is 13.1 Å². The zero-order chi connectivity index (χ0) is 27.6. The Morgan fingerprint density at radius 2 is 1.90 bits per heavy atom. The molecule has 2 aromatic carbocycles. The van der Waals surface area contributed by atoms with Crippen molar-refractivity contribution >= 4 is 34.9 Å². The molecular weight excluding hydrogens is 500 g/mol. The van der Waals surface area contributed by atoms with E-state index in [4.69, 9.17) is 13.9 Å². The smallest absolute Gasteiger partial charge is 0.408 e. The van der Waals surface area contributed by atoms with E-state index >= 15 is 0 Å². The van der Waals surface area contributed by atoms with E-state index < -0.39 is 18.1 Å². The van der Waals surface area contributed by atoms with Crippen LogP contribution in [0.15, 0.2) is 64.0 Å². The fourth-order valence-electron chi connectivity index (χ4n) is 4.12. The lowest BCUT2D eigenvalue weighted by Gasteiger charge is -2.17. The number of carbonyl (C=O) groups excluding carboxylic acids is 3. The maximum absolute atomic E-state index is 12.6. The molecule has 10 heteroatoms. The van der Waals surface area contributed by atoms with E-state index in [0.717, 1.165) is 29.5 Å². The highest BCUT2D eigenvalue weighted by molar-refractivity contribution is 5.97. The van der Waals surface area contributed by atoms with Gasteiger partial charge in [-0.05, 0) is 56.0 Å². The number of benzene rings is 2. The summed E-state index contributed by atoms with van der Waals surface area (Å²) in [4.78, 5) is 41.6. The molecule has 39 heavy (non-hydrogen) atoms. The molecule has 4 rings (SSSR count). The summed E-state index contributed by atoms with van der Waals surface area (Å²) in [5.74, 6) is 0.345. The highest BCUT2D eigenvalue weighted by atomic mass is 16.6. The summed E-state index contributed by atoms with van der Waals surface area (Å²) in [6.07, 6.45) is 0.698. The van der Waals surface area contributed by atoms with Gasteiger partial charge in [-0.2, -0.15) is 0 Å². The topological polar surface area (TPSA) is 131 Å². The Bertz CT molecular complexity index is 1320.